The molecule has 0 bridgehead atoms. The summed E-state index contributed by atoms with van der Waals surface area (Å²) in [4.78, 5) is 0. The van der Waals surface area contributed by atoms with E-state index in [1.165, 1.54) is 12.1 Å². The molecule has 1 aliphatic rings. The Bertz CT molecular complexity index is 314. The molecule has 1 fully saturated rings. The molecule has 0 aliphatic carbocycles. The standard InChI is InChI=1S/C12H16FNO/c13-11-2-1-3-12(15)10(11)8-9-4-6-14-7-5-9/h1-3,9,14-15H,4-8H2. The normalized spacial score (nSPS) is 17.9. The van der Waals surface area contributed by atoms with Crippen LogP contribution in [0.2, 0.25) is 0 Å². The van der Waals surface area contributed by atoms with Gasteiger partial charge in [0.2, 0.25) is 0 Å². The number of halogens is 1. The fourth-order valence-corrected chi connectivity index (χ4v) is 2.12. The van der Waals surface area contributed by atoms with Gasteiger partial charge in [0.25, 0.3) is 0 Å². The minimum atomic E-state index is -0.284. The molecule has 0 unspecified atom stereocenters. The highest BCUT2D eigenvalue weighted by molar-refractivity contribution is 5.33. The molecular weight excluding hydrogens is 193 g/mol. The fourth-order valence-electron chi connectivity index (χ4n) is 2.12. The van der Waals surface area contributed by atoms with Crippen LogP contribution in [0.15, 0.2) is 18.2 Å². The van der Waals surface area contributed by atoms with Gasteiger partial charge in [0, 0.05) is 5.56 Å². The number of phenolic OH excluding ortho intramolecular Hbond substituents is 1. The van der Waals surface area contributed by atoms with Crippen molar-refractivity contribution in [3.05, 3.63) is 29.6 Å². The summed E-state index contributed by atoms with van der Waals surface area (Å²) in [6, 6.07) is 4.51. The number of hydrogen-bond acceptors (Lipinski definition) is 2. The Morgan fingerprint density at radius 3 is 2.73 bits per heavy atom. The molecule has 0 amide bonds. The summed E-state index contributed by atoms with van der Waals surface area (Å²) in [5, 5.41) is 12.8. The molecule has 1 saturated heterocycles. The van der Waals surface area contributed by atoms with E-state index in [1.807, 2.05) is 0 Å². The first-order valence-electron chi connectivity index (χ1n) is 5.44. The van der Waals surface area contributed by atoms with Crippen LogP contribution in [0.5, 0.6) is 5.75 Å². The lowest BCUT2D eigenvalue weighted by molar-refractivity contribution is 0.361. The van der Waals surface area contributed by atoms with Crippen molar-refractivity contribution in [3.8, 4) is 5.75 Å². The molecule has 1 heterocycles. The number of phenols is 1. The first kappa shape index (κ1) is 10.4. The van der Waals surface area contributed by atoms with Crippen molar-refractivity contribution in [3.63, 3.8) is 0 Å². The molecule has 2 N–H and O–H groups in total. The van der Waals surface area contributed by atoms with E-state index in [2.05, 4.69) is 5.32 Å². The van der Waals surface area contributed by atoms with Crippen LogP contribution in [0.4, 0.5) is 4.39 Å². The molecule has 0 radical (unpaired) electrons. The van der Waals surface area contributed by atoms with Crippen LogP contribution in [-0.4, -0.2) is 18.2 Å². The van der Waals surface area contributed by atoms with Crippen LogP contribution < -0.4 is 5.32 Å². The van der Waals surface area contributed by atoms with Gasteiger partial charge in [-0.25, -0.2) is 4.39 Å². The average Bonchev–Trinajstić information content (AvgIpc) is 2.25. The van der Waals surface area contributed by atoms with E-state index in [0.717, 1.165) is 25.9 Å². The van der Waals surface area contributed by atoms with Crippen molar-refractivity contribution in [2.45, 2.75) is 19.3 Å². The zero-order chi connectivity index (χ0) is 10.7. The van der Waals surface area contributed by atoms with Crippen LogP contribution in [0.1, 0.15) is 18.4 Å². The number of nitrogens with one attached hydrogen (secondary N) is 1. The van der Waals surface area contributed by atoms with Gasteiger partial charge in [-0.05, 0) is 50.4 Å². The number of hydrogen-bond donors (Lipinski definition) is 2. The average molecular weight is 209 g/mol. The van der Waals surface area contributed by atoms with E-state index in [1.54, 1.807) is 6.07 Å². The summed E-state index contributed by atoms with van der Waals surface area (Å²) in [6.07, 6.45) is 2.78. The smallest absolute Gasteiger partial charge is 0.130 e. The van der Waals surface area contributed by atoms with E-state index < -0.39 is 0 Å². The second-order valence-electron chi connectivity index (χ2n) is 4.14. The summed E-state index contributed by atoms with van der Waals surface area (Å²) < 4.78 is 13.4. The van der Waals surface area contributed by atoms with Crippen LogP contribution in [-0.2, 0) is 6.42 Å². The van der Waals surface area contributed by atoms with Crippen LogP contribution in [0.3, 0.4) is 0 Å². The van der Waals surface area contributed by atoms with Gasteiger partial charge < -0.3 is 10.4 Å². The second kappa shape index (κ2) is 4.62. The predicted octanol–water partition coefficient (Wildman–Crippen LogP) is 2.07. The van der Waals surface area contributed by atoms with Crippen LogP contribution in [0, 0.1) is 11.7 Å². The number of aromatic hydroxyl groups is 1. The van der Waals surface area contributed by atoms with Crippen LogP contribution >= 0.6 is 0 Å². The third-order valence-electron chi connectivity index (χ3n) is 3.05. The van der Waals surface area contributed by atoms with Crippen molar-refractivity contribution in [1.82, 2.24) is 5.32 Å². The van der Waals surface area contributed by atoms with Crippen molar-refractivity contribution in [2.24, 2.45) is 5.92 Å². The molecule has 2 rings (SSSR count). The Morgan fingerprint density at radius 2 is 2.07 bits per heavy atom. The van der Waals surface area contributed by atoms with Crippen molar-refractivity contribution in [2.75, 3.05) is 13.1 Å². The minimum absolute atomic E-state index is 0.0912. The summed E-state index contributed by atoms with van der Waals surface area (Å²) in [5.41, 5.74) is 0.476. The van der Waals surface area contributed by atoms with Gasteiger partial charge in [-0.2, -0.15) is 0 Å². The van der Waals surface area contributed by atoms with Crippen molar-refractivity contribution < 1.29 is 9.50 Å². The largest absolute Gasteiger partial charge is 0.508 e. The number of piperidine rings is 1. The number of benzene rings is 1. The van der Waals surface area contributed by atoms with Gasteiger partial charge in [-0.3, -0.25) is 0 Å². The molecular formula is C12H16FNO. The maximum absolute atomic E-state index is 13.4. The van der Waals surface area contributed by atoms with Gasteiger partial charge >= 0.3 is 0 Å². The highest BCUT2D eigenvalue weighted by Crippen LogP contribution is 2.26. The predicted molar refractivity (Wildman–Crippen MR) is 57.4 cm³/mol. The van der Waals surface area contributed by atoms with Gasteiger partial charge in [-0.15, -0.1) is 0 Å². The lowest BCUT2D eigenvalue weighted by atomic mass is 9.90. The second-order valence-corrected chi connectivity index (χ2v) is 4.14. The number of rotatable bonds is 2. The summed E-state index contributed by atoms with van der Waals surface area (Å²) in [6.45, 7) is 2.00. The first-order chi connectivity index (χ1) is 7.27. The lowest BCUT2D eigenvalue weighted by Gasteiger charge is -2.22. The van der Waals surface area contributed by atoms with Crippen molar-refractivity contribution in [1.29, 1.82) is 0 Å². The Labute approximate surface area is 89.1 Å². The Kier molecular flexibility index (Phi) is 3.21. The van der Waals surface area contributed by atoms with Crippen molar-refractivity contribution >= 4 is 0 Å². The van der Waals surface area contributed by atoms with Gasteiger partial charge in [0.05, 0.1) is 0 Å². The zero-order valence-electron chi connectivity index (χ0n) is 8.67. The third kappa shape index (κ3) is 2.48. The topological polar surface area (TPSA) is 32.3 Å². The van der Waals surface area contributed by atoms with E-state index in [0.29, 0.717) is 17.9 Å². The van der Waals surface area contributed by atoms with E-state index in [9.17, 15) is 9.50 Å². The maximum Gasteiger partial charge on any atom is 0.130 e. The van der Waals surface area contributed by atoms with E-state index in [-0.39, 0.29) is 11.6 Å². The third-order valence-corrected chi connectivity index (χ3v) is 3.05. The molecule has 1 aromatic rings. The molecule has 82 valence electrons. The first-order valence-corrected chi connectivity index (χ1v) is 5.44. The molecule has 15 heavy (non-hydrogen) atoms. The summed E-state index contributed by atoms with van der Waals surface area (Å²) >= 11 is 0. The Balaban J connectivity index is 2.09. The Hall–Kier alpha value is -1.09. The summed E-state index contributed by atoms with van der Waals surface area (Å²) in [7, 11) is 0. The molecule has 1 aliphatic heterocycles. The lowest BCUT2D eigenvalue weighted by Crippen LogP contribution is -2.28. The fraction of sp³-hybridized carbons (Fsp3) is 0.500. The molecule has 0 saturated carbocycles. The molecule has 0 atom stereocenters. The maximum atomic E-state index is 13.4. The van der Waals surface area contributed by atoms with E-state index >= 15 is 0 Å². The van der Waals surface area contributed by atoms with Crippen LogP contribution in [0.25, 0.3) is 0 Å². The molecule has 1 aromatic carbocycles. The molecule has 0 spiro atoms. The quantitative estimate of drug-likeness (QED) is 0.781. The minimum Gasteiger partial charge on any atom is -0.508 e. The molecule has 3 heteroatoms. The Morgan fingerprint density at radius 1 is 1.33 bits per heavy atom. The van der Waals surface area contributed by atoms with Gasteiger partial charge in [0.1, 0.15) is 11.6 Å². The SMILES string of the molecule is Oc1cccc(F)c1CC1CCNCC1. The van der Waals surface area contributed by atoms with E-state index in [4.69, 9.17) is 0 Å². The highest BCUT2D eigenvalue weighted by atomic mass is 19.1. The van der Waals surface area contributed by atoms with Gasteiger partial charge in [-0.1, -0.05) is 6.07 Å². The molecule has 2 nitrogen and oxygen atoms in total. The summed E-state index contributed by atoms with van der Waals surface area (Å²) in [5.74, 6) is 0.302. The highest BCUT2D eigenvalue weighted by Gasteiger charge is 2.17. The molecule has 0 aromatic heterocycles. The monoisotopic (exact) mass is 209 g/mol. The van der Waals surface area contributed by atoms with Gasteiger partial charge in [0.15, 0.2) is 0 Å². The zero-order valence-corrected chi connectivity index (χ0v) is 8.67.